The quantitative estimate of drug-likeness (QED) is 0.408. The molecule has 2 N–H and O–H groups in total. The lowest BCUT2D eigenvalue weighted by molar-refractivity contribution is -0.140. The number of nitrogens with zero attached hydrogens (tertiary/aromatic N) is 2. The lowest BCUT2D eigenvalue weighted by Crippen LogP contribution is -2.52. The van der Waals surface area contributed by atoms with E-state index in [1.807, 2.05) is 13.8 Å². The van der Waals surface area contributed by atoms with Crippen LogP contribution in [0.5, 0.6) is 0 Å². The smallest absolute Gasteiger partial charge is 0.305 e. The number of carbonyl (C=O) groups is 3. The zero-order chi connectivity index (χ0) is 18.7. The molecule has 1 saturated heterocycles. The van der Waals surface area contributed by atoms with Gasteiger partial charge in [0.25, 0.3) is 0 Å². The molecule has 0 aromatic carbocycles. The maximum absolute atomic E-state index is 11.9. The van der Waals surface area contributed by atoms with Crippen LogP contribution in [0, 0.1) is 0 Å². The number of nitrogens with one attached hydrogen (secondary N) is 2. The van der Waals surface area contributed by atoms with Crippen LogP contribution in [-0.2, 0) is 19.1 Å². The van der Waals surface area contributed by atoms with Gasteiger partial charge in [-0.25, -0.2) is 0 Å². The largest absolute Gasteiger partial charge is 0.469 e. The van der Waals surface area contributed by atoms with Gasteiger partial charge in [-0.15, -0.1) is 0 Å². The molecule has 25 heavy (non-hydrogen) atoms. The molecule has 0 saturated carbocycles. The molecule has 0 radical (unpaired) electrons. The average Bonchev–Trinajstić information content (AvgIpc) is 2.59. The van der Waals surface area contributed by atoms with E-state index in [2.05, 4.69) is 25.2 Å². The zero-order valence-electron chi connectivity index (χ0n) is 15.7. The number of ether oxygens (including phenoxy) is 1. The van der Waals surface area contributed by atoms with Gasteiger partial charge in [-0.1, -0.05) is 6.92 Å². The van der Waals surface area contributed by atoms with Gasteiger partial charge in [-0.3, -0.25) is 24.2 Å². The fourth-order valence-electron chi connectivity index (χ4n) is 2.55. The van der Waals surface area contributed by atoms with Crippen LogP contribution in [0.3, 0.4) is 0 Å². The monoisotopic (exact) mass is 356 g/mol. The molecule has 1 atom stereocenters. The Kier molecular flexibility index (Phi) is 10.1. The van der Waals surface area contributed by atoms with Gasteiger partial charge in [0, 0.05) is 45.2 Å². The Bertz CT molecular complexity index is 436. The second kappa shape index (κ2) is 11.8. The molecule has 1 aliphatic heterocycles. The van der Waals surface area contributed by atoms with Gasteiger partial charge in [0.05, 0.1) is 20.2 Å². The van der Waals surface area contributed by atoms with Crippen molar-refractivity contribution < 1.29 is 19.1 Å². The average molecular weight is 356 g/mol. The van der Waals surface area contributed by atoms with E-state index in [1.54, 1.807) is 0 Å². The predicted octanol–water partition coefficient (Wildman–Crippen LogP) is -0.412. The molecule has 0 bridgehead atoms. The van der Waals surface area contributed by atoms with Crippen LogP contribution >= 0.6 is 0 Å². The maximum Gasteiger partial charge on any atom is 0.305 e. The number of carbonyl (C=O) groups excluding carboxylic acids is 3. The van der Waals surface area contributed by atoms with Crippen molar-refractivity contribution in [3.05, 3.63) is 0 Å². The Hall–Kier alpha value is -1.67. The summed E-state index contributed by atoms with van der Waals surface area (Å²) in [7, 11) is 1.36. The molecule has 8 heteroatoms. The van der Waals surface area contributed by atoms with Crippen LogP contribution in [-0.4, -0.2) is 86.5 Å². The molecule has 1 heterocycles. The first-order valence-corrected chi connectivity index (χ1v) is 9.02. The summed E-state index contributed by atoms with van der Waals surface area (Å²) in [6, 6.07) is 0.205. The second-order valence-corrected chi connectivity index (χ2v) is 6.46. The molecule has 144 valence electrons. The van der Waals surface area contributed by atoms with Crippen molar-refractivity contribution in [2.24, 2.45) is 0 Å². The van der Waals surface area contributed by atoms with Crippen molar-refractivity contribution in [2.45, 2.75) is 39.2 Å². The first-order chi connectivity index (χ1) is 11.9. The molecule has 0 aliphatic carbocycles. The van der Waals surface area contributed by atoms with Gasteiger partial charge < -0.3 is 15.4 Å². The van der Waals surface area contributed by atoms with Crippen LogP contribution in [0.15, 0.2) is 0 Å². The highest BCUT2D eigenvalue weighted by Crippen LogP contribution is 2.01. The number of rotatable bonds is 10. The van der Waals surface area contributed by atoms with Gasteiger partial charge in [0.2, 0.25) is 11.8 Å². The Balaban J connectivity index is 2.14. The molecule has 1 aliphatic rings. The summed E-state index contributed by atoms with van der Waals surface area (Å²) in [5, 5.41) is 5.78. The molecule has 2 amide bonds. The summed E-state index contributed by atoms with van der Waals surface area (Å²) in [6.45, 7) is 8.39. The first kappa shape index (κ1) is 21.4. The van der Waals surface area contributed by atoms with E-state index in [4.69, 9.17) is 0 Å². The van der Waals surface area contributed by atoms with Crippen molar-refractivity contribution in [1.82, 2.24) is 20.4 Å². The first-order valence-electron chi connectivity index (χ1n) is 9.02. The molecule has 0 aromatic heterocycles. The normalized spacial score (nSPS) is 16.9. The number of esters is 1. The lowest BCUT2D eigenvalue weighted by Gasteiger charge is -2.34. The lowest BCUT2D eigenvalue weighted by atomic mass is 10.2. The zero-order valence-corrected chi connectivity index (χ0v) is 15.7. The predicted molar refractivity (Wildman–Crippen MR) is 95.0 cm³/mol. The van der Waals surface area contributed by atoms with Gasteiger partial charge in [0.15, 0.2) is 0 Å². The molecule has 0 aromatic rings. The number of methoxy groups -OCH3 is 1. The van der Waals surface area contributed by atoms with E-state index >= 15 is 0 Å². The number of hydrogen-bond acceptors (Lipinski definition) is 6. The third-order valence-corrected chi connectivity index (χ3v) is 4.33. The van der Waals surface area contributed by atoms with Crippen LogP contribution in [0.4, 0.5) is 0 Å². The second-order valence-electron chi connectivity index (χ2n) is 6.46. The minimum atomic E-state index is -0.261. The van der Waals surface area contributed by atoms with Crippen LogP contribution in [0.2, 0.25) is 0 Å². The summed E-state index contributed by atoms with van der Waals surface area (Å²) >= 11 is 0. The number of piperazine rings is 1. The topological polar surface area (TPSA) is 91.0 Å². The Morgan fingerprint density at radius 2 is 1.60 bits per heavy atom. The van der Waals surface area contributed by atoms with Gasteiger partial charge in [0.1, 0.15) is 0 Å². The van der Waals surface area contributed by atoms with Crippen LogP contribution in [0.1, 0.15) is 33.1 Å². The highest BCUT2D eigenvalue weighted by Gasteiger charge is 2.20. The van der Waals surface area contributed by atoms with E-state index in [0.717, 1.165) is 32.6 Å². The molecule has 1 fully saturated rings. The summed E-state index contributed by atoms with van der Waals surface area (Å²) in [5.74, 6) is -0.235. The SMILES string of the molecule is CCC(C)NC(=O)CN1CCN(CC(=O)NCCCC(=O)OC)CC1. The highest BCUT2D eigenvalue weighted by atomic mass is 16.5. The summed E-state index contributed by atoms with van der Waals surface area (Å²) < 4.78 is 4.55. The highest BCUT2D eigenvalue weighted by molar-refractivity contribution is 5.78. The van der Waals surface area contributed by atoms with E-state index in [1.165, 1.54) is 7.11 Å². The Morgan fingerprint density at radius 3 is 2.12 bits per heavy atom. The minimum Gasteiger partial charge on any atom is -0.469 e. The summed E-state index contributed by atoms with van der Waals surface area (Å²) in [6.07, 6.45) is 1.82. The summed E-state index contributed by atoms with van der Waals surface area (Å²) in [5.41, 5.74) is 0. The van der Waals surface area contributed by atoms with E-state index in [9.17, 15) is 14.4 Å². The fraction of sp³-hybridized carbons (Fsp3) is 0.824. The van der Waals surface area contributed by atoms with Gasteiger partial charge in [-0.05, 0) is 19.8 Å². The number of hydrogen-bond donors (Lipinski definition) is 2. The van der Waals surface area contributed by atoms with Crippen molar-refractivity contribution in [3.63, 3.8) is 0 Å². The maximum atomic E-state index is 11.9. The standard InChI is InChI=1S/C17H32N4O4/c1-4-14(2)19-16(23)13-21-10-8-20(9-11-21)12-15(22)18-7-5-6-17(24)25-3/h14H,4-13H2,1-3H3,(H,18,22)(H,19,23). The molecule has 1 rings (SSSR count). The van der Waals surface area contributed by atoms with E-state index in [0.29, 0.717) is 32.5 Å². The molecule has 1 unspecified atom stereocenters. The van der Waals surface area contributed by atoms with Crippen LogP contribution in [0.25, 0.3) is 0 Å². The number of amides is 2. The minimum absolute atomic E-state index is 0.0344. The van der Waals surface area contributed by atoms with Crippen molar-refractivity contribution in [2.75, 3.05) is 52.9 Å². The molecular weight excluding hydrogens is 324 g/mol. The van der Waals surface area contributed by atoms with Crippen molar-refractivity contribution >= 4 is 17.8 Å². The van der Waals surface area contributed by atoms with Gasteiger partial charge >= 0.3 is 5.97 Å². The molecule has 0 spiro atoms. The fourth-order valence-corrected chi connectivity index (χ4v) is 2.55. The molecule has 8 nitrogen and oxygen atoms in total. The van der Waals surface area contributed by atoms with Crippen molar-refractivity contribution in [1.29, 1.82) is 0 Å². The summed E-state index contributed by atoms with van der Waals surface area (Å²) in [4.78, 5) is 39.0. The van der Waals surface area contributed by atoms with Crippen LogP contribution < -0.4 is 10.6 Å². The van der Waals surface area contributed by atoms with Gasteiger partial charge in [-0.2, -0.15) is 0 Å². The Morgan fingerprint density at radius 1 is 1.04 bits per heavy atom. The van der Waals surface area contributed by atoms with Crippen molar-refractivity contribution in [3.8, 4) is 0 Å². The third kappa shape index (κ3) is 9.40. The van der Waals surface area contributed by atoms with E-state index in [-0.39, 0.29) is 23.8 Å². The Labute approximate surface area is 150 Å². The third-order valence-electron chi connectivity index (χ3n) is 4.33. The molecular formula is C17H32N4O4. The van der Waals surface area contributed by atoms with E-state index < -0.39 is 0 Å².